The van der Waals surface area contributed by atoms with Crippen LogP contribution in [0.25, 0.3) is 0 Å². The molecule has 0 aromatic heterocycles. The molecule has 5 heteroatoms. The lowest BCUT2D eigenvalue weighted by Gasteiger charge is -2.38. The van der Waals surface area contributed by atoms with E-state index in [0.29, 0.717) is 36.9 Å². The highest BCUT2D eigenvalue weighted by molar-refractivity contribution is 7.54. The average Bonchev–Trinajstić information content (AvgIpc) is 2.96. The van der Waals surface area contributed by atoms with Gasteiger partial charge in [0.05, 0.1) is 13.2 Å². The molecule has 5 atom stereocenters. The second-order valence-corrected chi connectivity index (χ2v) is 14.7. The maximum Gasteiger partial charge on any atom is 0.347 e. The Morgan fingerprint density at radius 1 is 0.538 bits per heavy atom. The summed E-state index contributed by atoms with van der Waals surface area (Å²) in [5, 5.41) is 0. The molecule has 0 amide bonds. The Kier molecular flexibility index (Phi) is 24.8. The van der Waals surface area contributed by atoms with Gasteiger partial charge in [0.25, 0.3) is 0 Å². The van der Waals surface area contributed by atoms with Crippen LogP contribution in [0.1, 0.15) is 165 Å². The molecule has 0 aromatic rings. The molecule has 0 saturated heterocycles. The van der Waals surface area contributed by atoms with E-state index in [-0.39, 0.29) is 5.78 Å². The van der Waals surface area contributed by atoms with E-state index in [4.69, 9.17) is 9.05 Å². The molecule has 0 aliphatic heterocycles. The van der Waals surface area contributed by atoms with Crippen molar-refractivity contribution in [1.29, 1.82) is 0 Å². The van der Waals surface area contributed by atoms with Crippen molar-refractivity contribution in [3.05, 3.63) is 0 Å². The van der Waals surface area contributed by atoms with E-state index < -0.39 is 7.60 Å². The molecule has 0 aromatic carbocycles. The predicted octanol–water partition coefficient (Wildman–Crippen LogP) is 11.7. The minimum atomic E-state index is -3.32. The van der Waals surface area contributed by atoms with Crippen molar-refractivity contribution in [2.24, 2.45) is 23.7 Å². The van der Waals surface area contributed by atoms with Crippen LogP contribution in [0.3, 0.4) is 0 Å². The van der Waals surface area contributed by atoms with Gasteiger partial charge in [0.15, 0.2) is 0 Å². The number of unbranched alkanes of at least 4 members (excludes halogenated alkanes) is 4. The van der Waals surface area contributed by atoms with Gasteiger partial charge in [-0.3, -0.25) is 9.46 Å². The van der Waals surface area contributed by atoms with E-state index in [1.165, 1.54) is 77.0 Å². The van der Waals surface area contributed by atoms with Crippen LogP contribution in [0, 0.1) is 23.7 Å². The normalized spacial score (nSPS) is 17.6. The highest BCUT2D eigenvalue weighted by atomic mass is 31.2. The summed E-state index contributed by atoms with van der Waals surface area (Å²) in [7, 11) is -3.32. The summed E-state index contributed by atoms with van der Waals surface area (Å²) >= 11 is 0. The largest absolute Gasteiger partial charge is 0.347 e. The summed E-state index contributed by atoms with van der Waals surface area (Å²) in [6.07, 6.45) is 19.0. The fraction of sp³-hybridized carbons (Fsp3) is 1.00. The lowest BCUT2D eigenvalue weighted by molar-refractivity contribution is 0.108. The first-order valence-corrected chi connectivity index (χ1v) is 19.0. The van der Waals surface area contributed by atoms with E-state index >= 15 is 0 Å². The molecule has 39 heavy (non-hydrogen) atoms. The number of hydrogen-bond donors (Lipinski definition) is 0. The van der Waals surface area contributed by atoms with Crippen LogP contribution in [-0.2, 0) is 13.6 Å². The molecule has 0 aliphatic rings. The molecule has 0 heterocycles. The van der Waals surface area contributed by atoms with Gasteiger partial charge in [-0.15, -0.1) is 0 Å². The van der Waals surface area contributed by atoms with E-state index in [2.05, 4.69) is 67.2 Å². The molecule has 0 fully saturated rings. The van der Waals surface area contributed by atoms with Gasteiger partial charge in [0, 0.05) is 13.1 Å². The fourth-order valence-electron chi connectivity index (χ4n) is 5.55. The van der Waals surface area contributed by atoms with Crippen LogP contribution >= 0.6 is 7.60 Å². The number of nitrogens with zero attached hydrogens (tertiary/aromatic N) is 1. The fourth-order valence-corrected chi connectivity index (χ4v) is 7.48. The Morgan fingerprint density at radius 2 is 0.846 bits per heavy atom. The monoisotopic (exact) mass is 574 g/mol. The van der Waals surface area contributed by atoms with Crippen LogP contribution in [0.15, 0.2) is 0 Å². The minimum absolute atomic E-state index is 0.212. The van der Waals surface area contributed by atoms with Gasteiger partial charge in [-0.2, -0.15) is 0 Å². The van der Waals surface area contributed by atoms with Gasteiger partial charge in [-0.05, 0) is 56.3 Å². The van der Waals surface area contributed by atoms with Crippen molar-refractivity contribution in [1.82, 2.24) is 4.90 Å². The zero-order valence-electron chi connectivity index (χ0n) is 28.1. The standard InChI is InChI=1S/C34H72NO3P/c1-10-18-22-31(14-5)26-35(27-32(15-6)23-19-11-2)30(9)39(36,37-28-33(16-7)24-20-12-3)38-29-34(17-8)25-21-13-4/h30-34H,10-29H2,1-9H3. The highest BCUT2D eigenvalue weighted by Crippen LogP contribution is 2.55. The molecule has 0 bridgehead atoms. The summed E-state index contributed by atoms with van der Waals surface area (Å²) in [4.78, 5) is 2.54. The molecular weight excluding hydrogens is 501 g/mol. The van der Waals surface area contributed by atoms with Gasteiger partial charge in [-0.25, -0.2) is 0 Å². The quantitative estimate of drug-likeness (QED) is 0.0873. The third-order valence-electron chi connectivity index (χ3n) is 9.12. The van der Waals surface area contributed by atoms with Crippen LogP contribution in [0.2, 0.25) is 0 Å². The summed E-state index contributed by atoms with van der Waals surface area (Å²) in [5.41, 5.74) is 0. The third kappa shape index (κ3) is 17.0. The van der Waals surface area contributed by atoms with Crippen LogP contribution in [0.4, 0.5) is 0 Å². The van der Waals surface area contributed by atoms with Crippen molar-refractivity contribution in [3.63, 3.8) is 0 Å². The Labute approximate surface area is 246 Å². The molecule has 0 rings (SSSR count). The first kappa shape index (κ1) is 39.1. The van der Waals surface area contributed by atoms with E-state index in [9.17, 15) is 4.57 Å². The minimum Gasteiger partial charge on any atom is -0.307 e. The zero-order valence-corrected chi connectivity index (χ0v) is 29.0. The molecule has 4 nitrogen and oxygen atoms in total. The third-order valence-corrected chi connectivity index (χ3v) is 11.4. The first-order chi connectivity index (χ1) is 18.8. The number of rotatable bonds is 28. The topological polar surface area (TPSA) is 38.8 Å². The van der Waals surface area contributed by atoms with Crippen molar-refractivity contribution in [2.45, 2.75) is 171 Å². The molecule has 0 spiro atoms. The van der Waals surface area contributed by atoms with Crippen molar-refractivity contribution in [2.75, 3.05) is 26.3 Å². The van der Waals surface area contributed by atoms with E-state index in [0.717, 1.165) is 38.8 Å². The van der Waals surface area contributed by atoms with Crippen LogP contribution < -0.4 is 0 Å². The van der Waals surface area contributed by atoms with Gasteiger partial charge in [0.1, 0.15) is 5.78 Å². The first-order valence-electron chi connectivity index (χ1n) is 17.4. The van der Waals surface area contributed by atoms with Crippen molar-refractivity contribution in [3.8, 4) is 0 Å². The summed E-state index contributed by atoms with van der Waals surface area (Å²) in [6, 6.07) is 0. The Balaban J connectivity index is 6.06. The maximum atomic E-state index is 14.8. The second-order valence-electron chi connectivity index (χ2n) is 12.4. The predicted molar refractivity (Wildman–Crippen MR) is 174 cm³/mol. The summed E-state index contributed by atoms with van der Waals surface area (Å²) in [6.45, 7) is 23.4. The van der Waals surface area contributed by atoms with Gasteiger partial charge in [-0.1, -0.05) is 132 Å². The lowest BCUT2D eigenvalue weighted by atomic mass is 9.96. The summed E-state index contributed by atoms with van der Waals surface area (Å²) in [5.74, 6) is 1.95. The molecule has 0 saturated carbocycles. The maximum absolute atomic E-state index is 14.8. The van der Waals surface area contributed by atoms with Crippen molar-refractivity contribution < 1.29 is 13.6 Å². The Morgan fingerprint density at radius 3 is 1.13 bits per heavy atom. The van der Waals surface area contributed by atoms with Gasteiger partial charge in [0.2, 0.25) is 0 Å². The smallest absolute Gasteiger partial charge is 0.307 e. The van der Waals surface area contributed by atoms with Gasteiger partial charge < -0.3 is 9.05 Å². The van der Waals surface area contributed by atoms with Crippen LogP contribution in [-0.4, -0.2) is 37.0 Å². The lowest BCUT2D eigenvalue weighted by Crippen LogP contribution is -2.41. The SMILES string of the molecule is CCCCC(CC)COP(=O)(OCC(CC)CCCC)C(C)N(CC(CC)CCCC)CC(CC)CCCC. The van der Waals surface area contributed by atoms with Crippen LogP contribution in [0.5, 0.6) is 0 Å². The Bertz CT molecular complexity index is 545. The number of hydrogen-bond acceptors (Lipinski definition) is 4. The average molecular weight is 574 g/mol. The second kappa shape index (κ2) is 24.7. The van der Waals surface area contributed by atoms with Gasteiger partial charge >= 0.3 is 7.60 Å². The Hall–Kier alpha value is 0.110. The molecular formula is C34H72NO3P. The highest BCUT2D eigenvalue weighted by Gasteiger charge is 2.39. The van der Waals surface area contributed by atoms with E-state index in [1.807, 2.05) is 0 Å². The summed E-state index contributed by atoms with van der Waals surface area (Å²) < 4.78 is 27.8. The van der Waals surface area contributed by atoms with Crippen molar-refractivity contribution >= 4 is 7.60 Å². The molecule has 0 N–H and O–H groups in total. The molecule has 236 valence electrons. The zero-order chi connectivity index (χ0) is 29.5. The molecule has 0 aliphatic carbocycles. The van der Waals surface area contributed by atoms with E-state index in [1.54, 1.807) is 0 Å². The molecule has 5 unspecified atom stereocenters. The molecule has 0 radical (unpaired) electrons.